The Hall–Kier alpha value is -3.02. The lowest BCUT2D eigenvalue weighted by molar-refractivity contribution is -0.128. The maximum Gasteiger partial charge on any atom is 0.229 e. The second-order valence-corrected chi connectivity index (χ2v) is 7.01. The van der Waals surface area contributed by atoms with E-state index >= 15 is 0 Å². The van der Waals surface area contributed by atoms with Gasteiger partial charge in [0, 0.05) is 31.3 Å². The van der Waals surface area contributed by atoms with E-state index in [2.05, 4.69) is 5.32 Å². The van der Waals surface area contributed by atoms with Gasteiger partial charge < -0.3 is 19.7 Å². The molecular weight excluding hydrogens is 344 g/mol. The Labute approximate surface area is 158 Å². The monoisotopic (exact) mass is 366 g/mol. The van der Waals surface area contributed by atoms with E-state index in [1.807, 2.05) is 31.2 Å². The van der Waals surface area contributed by atoms with Crippen molar-refractivity contribution in [1.82, 2.24) is 4.90 Å². The molecule has 0 radical (unpaired) electrons. The summed E-state index contributed by atoms with van der Waals surface area (Å²) < 4.78 is 11.0. The predicted octanol–water partition coefficient (Wildman–Crippen LogP) is 2.75. The molecule has 0 aromatic heterocycles. The number of fused-ring (bicyclic) bond motifs is 1. The summed E-state index contributed by atoms with van der Waals surface area (Å²) in [7, 11) is 0. The number of hydrogen-bond acceptors (Lipinski definition) is 4. The van der Waals surface area contributed by atoms with E-state index < -0.39 is 0 Å². The van der Waals surface area contributed by atoms with Crippen molar-refractivity contribution in [3.8, 4) is 11.5 Å². The van der Waals surface area contributed by atoms with Crippen LogP contribution in [0.2, 0.25) is 0 Å². The third-order valence-electron chi connectivity index (χ3n) is 4.89. The van der Waals surface area contributed by atoms with Gasteiger partial charge in [-0.1, -0.05) is 29.8 Å². The summed E-state index contributed by atoms with van der Waals surface area (Å²) in [4.78, 5) is 26.7. The predicted molar refractivity (Wildman–Crippen MR) is 101 cm³/mol. The van der Waals surface area contributed by atoms with Crippen molar-refractivity contribution in [2.45, 2.75) is 19.9 Å². The van der Waals surface area contributed by atoms with Crippen LogP contribution in [0.1, 0.15) is 17.5 Å². The number of ether oxygens (including phenoxy) is 2. The maximum absolute atomic E-state index is 12.6. The third kappa shape index (κ3) is 3.89. The fraction of sp³-hybridized carbons (Fsp3) is 0.333. The van der Waals surface area contributed by atoms with Gasteiger partial charge in [-0.25, -0.2) is 0 Å². The first kappa shape index (κ1) is 17.4. The average Bonchev–Trinajstić information content (AvgIpc) is 3.04. The van der Waals surface area contributed by atoms with Crippen molar-refractivity contribution in [3.63, 3.8) is 0 Å². The molecule has 1 N–H and O–H groups in total. The Kier molecular flexibility index (Phi) is 4.71. The van der Waals surface area contributed by atoms with Gasteiger partial charge in [-0.15, -0.1) is 0 Å². The number of aryl methyl sites for hydroxylation is 1. The zero-order valence-electron chi connectivity index (χ0n) is 15.2. The van der Waals surface area contributed by atoms with Crippen LogP contribution in [0.15, 0.2) is 42.5 Å². The highest BCUT2D eigenvalue weighted by atomic mass is 16.6. The van der Waals surface area contributed by atoms with Crippen LogP contribution >= 0.6 is 0 Å². The summed E-state index contributed by atoms with van der Waals surface area (Å²) in [6.07, 6.45) is 0.238. The Balaban J connectivity index is 1.38. The van der Waals surface area contributed by atoms with Gasteiger partial charge in [-0.3, -0.25) is 9.59 Å². The van der Waals surface area contributed by atoms with Crippen molar-refractivity contribution in [1.29, 1.82) is 0 Å². The molecule has 1 fully saturated rings. The summed E-state index contributed by atoms with van der Waals surface area (Å²) in [6, 6.07) is 13.4. The minimum atomic E-state index is -0.351. The van der Waals surface area contributed by atoms with E-state index in [1.165, 1.54) is 5.56 Å². The molecule has 1 saturated heterocycles. The van der Waals surface area contributed by atoms with E-state index in [1.54, 1.807) is 23.1 Å². The molecule has 0 bridgehead atoms. The van der Waals surface area contributed by atoms with Crippen LogP contribution in [0.5, 0.6) is 11.5 Å². The van der Waals surface area contributed by atoms with Gasteiger partial charge in [-0.05, 0) is 24.6 Å². The molecule has 2 aliphatic rings. The number of nitrogens with zero attached hydrogens (tertiary/aromatic N) is 1. The zero-order chi connectivity index (χ0) is 18.8. The lowest BCUT2D eigenvalue weighted by Crippen LogP contribution is -2.28. The Morgan fingerprint density at radius 3 is 2.63 bits per heavy atom. The number of nitrogens with one attached hydrogen (secondary N) is 1. The third-order valence-corrected chi connectivity index (χ3v) is 4.89. The summed E-state index contributed by atoms with van der Waals surface area (Å²) in [5, 5.41) is 2.89. The number of amides is 2. The van der Waals surface area contributed by atoms with Gasteiger partial charge in [0.15, 0.2) is 11.5 Å². The van der Waals surface area contributed by atoms with Gasteiger partial charge in [0.25, 0.3) is 0 Å². The number of carbonyl (C=O) groups excluding carboxylic acids is 2. The Morgan fingerprint density at radius 2 is 1.85 bits per heavy atom. The quantitative estimate of drug-likeness (QED) is 0.904. The summed E-state index contributed by atoms with van der Waals surface area (Å²) in [6.45, 7) is 4.02. The number of rotatable bonds is 4. The average molecular weight is 366 g/mol. The topological polar surface area (TPSA) is 67.9 Å². The molecule has 2 aromatic rings. The highest BCUT2D eigenvalue weighted by Crippen LogP contribution is 2.33. The molecule has 6 nitrogen and oxygen atoms in total. The minimum Gasteiger partial charge on any atom is -0.486 e. The molecule has 6 heteroatoms. The molecule has 2 heterocycles. The van der Waals surface area contributed by atoms with Crippen LogP contribution in [0.25, 0.3) is 0 Å². The lowest BCUT2D eigenvalue weighted by atomic mass is 10.1. The molecular formula is C21H22N2O4. The molecule has 2 aliphatic heterocycles. The van der Waals surface area contributed by atoms with Crippen molar-refractivity contribution in [2.24, 2.45) is 5.92 Å². The second kappa shape index (κ2) is 7.31. The van der Waals surface area contributed by atoms with Crippen LogP contribution in [0, 0.1) is 12.8 Å². The number of carbonyl (C=O) groups is 2. The van der Waals surface area contributed by atoms with Gasteiger partial charge in [-0.2, -0.15) is 0 Å². The second-order valence-electron chi connectivity index (χ2n) is 7.01. The first-order chi connectivity index (χ1) is 13.1. The normalized spacial score (nSPS) is 18.5. The first-order valence-electron chi connectivity index (χ1n) is 9.12. The SMILES string of the molecule is Cc1ccc(CN2CC(C(=O)Nc3ccc4c(c3)OCCO4)CC2=O)cc1. The van der Waals surface area contributed by atoms with Crippen molar-refractivity contribution in [2.75, 3.05) is 25.1 Å². The smallest absolute Gasteiger partial charge is 0.229 e. The Morgan fingerprint density at radius 1 is 1.11 bits per heavy atom. The molecule has 27 heavy (non-hydrogen) atoms. The van der Waals surface area contributed by atoms with Crippen molar-refractivity contribution >= 4 is 17.5 Å². The van der Waals surface area contributed by atoms with Gasteiger partial charge in [0.05, 0.1) is 5.92 Å². The molecule has 2 amide bonds. The standard InChI is InChI=1S/C21H22N2O4/c1-14-2-4-15(5-3-14)12-23-13-16(10-20(23)24)21(25)22-17-6-7-18-19(11-17)27-9-8-26-18/h2-7,11,16H,8-10,12-13H2,1H3,(H,22,25). The summed E-state index contributed by atoms with van der Waals surface area (Å²) in [5.74, 6) is 0.822. The fourth-order valence-corrected chi connectivity index (χ4v) is 3.38. The van der Waals surface area contributed by atoms with Gasteiger partial charge in [0.2, 0.25) is 11.8 Å². The van der Waals surface area contributed by atoms with E-state index in [4.69, 9.17) is 9.47 Å². The zero-order valence-corrected chi connectivity index (χ0v) is 15.2. The minimum absolute atomic E-state index is 0.0119. The molecule has 2 aromatic carbocycles. The summed E-state index contributed by atoms with van der Waals surface area (Å²) in [5.41, 5.74) is 2.90. The van der Waals surface area contributed by atoms with Crippen LogP contribution in [-0.4, -0.2) is 36.5 Å². The lowest BCUT2D eigenvalue weighted by Gasteiger charge is -2.19. The van der Waals surface area contributed by atoms with E-state index in [-0.39, 0.29) is 24.2 Å². The molecule has 0 spiro atoms. The highest BCUT2D eigenvalue weighted by Gasteiger charge is 2.34. The molecule has 0 saturated carbocycles. The number of hydrogen-bond donors (Lipinski definition) is 1. The van der Waals surface area contributed by atoms with Crippen LogP contribution < -0.4 is 14.8 Å². The van der Waals surface area contributed by atoms with E-state index in [0.29, 0.717) is 43.5 Å². The molecule has 140 valence electrons. The van der Waals surface area contributed by atoms with Crippen molar-refractivity contribution < 1.29 is 19.1 Å². The Bertz CT molecular complexity index is 863. The molecule has 0 aliphatic carbocycles. The number of likely N-dealkylation sites (tertiary alicyclic amines) is 1. The largest absolute Gasteiger partial charge is 0.486 e. The van der Waals surface area contributed by atoms with Crippen LogP contribution in [-0.2, 0) is 16.1 Å². The molecule has 4 rings (SSSR count). The van der Waals surface area contributed by atoms with E-state index in [0.717, 1.165) is 5.56 Å². The van der Waals surface area contributed by atoms with Crippen LogP contribution in [0.4, 0.5) is 5.69 Å². The fourth-order valence-electron chi connectivity index (χ4n) is 3.38. The summed E-state index contributed by atoms with van der Waals surface area (Å²) >= 11 is 0. The molecule has 1 unspecified atom stereocenters. The molecule has 1 atom stereocenters. The maximum atomic E-state index is 12.6. The highest BCUT2D eigenvalue weighted by molar-refractivity contribution is 5.97. The number of anilines is 1. The van der Waals surface area contributed by atoms with Gasteiger partial charge in [0.1, 0.15) is 13.2 Å². The van der Waals surface area contributed by atoms with Crippen molar-refractivity contribution in [3.05, 3.63) is 53.6 Å². The van der Waals surface area contributed by atoms with Gasteiger partial charge >= 0.3 is 0 Å². The van der Waals surface area contributed by atoms with Crippen LogP contribution in [0.3, 0.4) is 0 Å². The number of benzene rings is 2. The first-order valence-corrected chi connectivity index (χ1v) is 9.12. The van der Waals surface area contributed by atoms with E-state index in [9.17, 15) is 9.59 Å².